The van der Waals surface area contributed by atoms with Crippen LogP contribution < -0.4 is 5.73 Å². The molecule has 0 radical (unpaired) electrons. The molecule has 3 rings (SSSR count). The van der Waals surface area contributed by atoms with Crippen molar-refractivity contribution < 1.29 is 0 Å². The Morgan fingerprint density at radius 2 is 1.90 bits per heavy atom. The van der Waals surface area contributed by atoms with E-state index >= 15 is 0 Å². The SMILES string of the molecule is Cc1cc(C)nc(Sc2ncnc3ccc(N)cc23)c1. The van der Waals surface area contributed by atoms with E-state index in [9.17, 15) is 0 Å². The number of rotatable bonds is 2. The number of anilines is 1. The van der Waals surface area contributed by atoms with Gasteiger partial charge in [-0.05, 0) is 61.5 Å². The second-order valence-corrected chi connectivity index (χ2v) is 5.69. The van der Waals surface area contributed by atoms with Gasteiger partial charge in [-0.3, -0.25) is 0 Å². The van der Waals surface area contributed by atoms with E-state index in [1.807, 2.05) is 25.1 Å². The predicted octanol–water partition coefficient (Wildman–Crippen LogP) is 3.38. The monoisotopic (exact) mass is 282 g/mol. The minimum absolute atomic E-state index is 0.711. The average molecular weight is 282 g/mol. The van der Waals surface area contributed by atoms with Crippen LogP contribution in [0.15, 0.2) is 46.7 Å². The number of nitrogens with two attached hydrogens (primary N) is 1. The topological polar surface area (TPSA) is 64.7 Å². The zero-order valence-corrected chi connectivity index (χ0v) is 12.1. The van der Waals surface area contributed by atoms with Gasteiger partial charge in [0.25, 0.3) is 0 Å². The maximum atomic E-state index is 5.85. The fourth-order valence-corrected chi connectivity index (χ4v) is 3.09. The number of pyridine rings is 1. The summed E-state index contributed by atoms with van der Waals surface area (Å²) in [6.45, 7) is 4.06. The molecular formula is C15H14N4S. The molecule has 0 aliphatic rings. The van der Waals surface area contributed by atoms with Gasteiger partial charge in [-0.1, -0.05) is 0 Å². The van der Waals surface area contributed by atoms with Gasteiger partial charge in [-0.2, -0.15) is 0 Å². The Morgan fingerprint density at radius 3 is 2.70 bits per heavy atom. The van der Waals surface area contributed by atoms with Crippen LogP contribution >= 0.6 is 11.8 Å². The second kappa shape index (κ2) is 5.09. The highest BCUT2D eigenvalue weighted by Crippen LogP contribution is 2.31. The molecule has 1 aromatic carbocycles. The normalized spacial score (nSPS) is 10.9. The van der Waals surface area contributed by atoms with Crippen LogP contribution in [0.5, 0.6) is 0 Å². The number of hydrogen-bond acceptors (Lipinski definition) is 5. The Labute approximate surface area is 121 Å². The summed E-state index contributed by atoms with van der Waals surface area (Å²) in [4.78, 5) is 13.1. The standard InChI is InChI=1S/C15H14N4S/c1-9-5-10(2)19-14(6-9)20-15-12-7-11(16)3-4-13(12)17-8-18-15/h3-8H,16H2,1-2H3. The van der Waals surface area contributed by atoms with Crippen molar-refractivity contribution in [3.8, 4) is 0 Å². The molecule has 4 nitrogen and oxygen atoms in total. The van der Waals surface area contributed by atoms with E-state index in [-0.39, 0.29) is 0 Å². The molecule has 0 saturated heterocycles. The van der Waals surface area contributed by atoms with Crippen LogP contribution in [0.2, 0.25) is 0 Å². The number of fused-ring (bicyclic) bond motifs is 1. The van der Waals surface area contributed by atoms with Crippen molar-refractivity contribution in [1.82, 2.24) is 15.0 Å². The van der Waals surface area contributed by atoms with E-state index in [1.54, 1.807) is 6.33 Å². The Balaban J connectivity index is 2.08. The third-order valence-electron chi connectivity index (χ3n) is 2.90. The average Bonchev–Trinajstić information content (AvgIpc) is 2.38. The molecule has 2 heterocycles. The van der Waals surface area contributed by atoms with Crippen molar-refractivity contribution in [1.29, 1.82) is 0 Å². The lowest BCUT2D eigenvalue weighted by Gasteiger charge is -2.06. The van der Waals surface area contributed by atoms with Gasteiger partial charge in [-0.25, -0.2) is 15.0 Å². The zero-order chi connectivity index (χ0) is 14.1. The second-order valence-electron chi connectivity index (χ2n) is 4.68. The lowest BCUT2D eigenvalue weighted by Crippen LogP contribution is -1.92. The molecule has 0 unspecified atom stereocenters. The summed E-state index contributed by atoms with van der Waals surface area (Å²) in [6.07, 6.45) is 1.57. The molecule has 0 spiro atoms. The van der Waals surface area contributed by atoms with E-state index < -0.39 is 0 Å². The first-order valence-corrected chi connectivity index (χ1v) is 7.07. The van der Waals surface area contributed by atoms with Crippen LogP contribution in [0.1, 0.15) is 11.3 Å². The summed E-state index contributed by atoms with van der Waals surface area (Å²) < 4.78 is 0. The molecule has 3 aromatic rings. The van der Waals surface area contributed by atoms with Crippen molar-refractivity contribution in [3.63, 3.8) is 0 Å². The first-order chi connectivity index (χ1) is 9.61. The number of benzene rings is 1. The van der Waals surface area contributed by atoms with Gasteiger partial charge in [-0.15, -0.1) is 0 Å². The molecule has 2 N–H and O–H groups in total. The van der Waals surface area contributed by atoms with E-state index in [1.165, 1.54) is 17.3 Å². The van der Waals surface area contributed by atoms with Crippen LogP contribution in [-0.2, 0) is 0 Å². The van der Waals surface area contributed by atoms with Gasteiger partial charge in [0.15, 0.2) is 0 Å². The molecule has 5 heteroatoms. The molecule has 100 valence electrons. The fraction of sp³-hybridized carbons (Fsp3) is 0.133. The van der Waals surface area contributed by atoms with Gasteiger partial charge in [0, 0.05) is 16.8 Å². The molecule has 0 atom stereocenters. The first kappa shape index (κ1) is 12.9. The van der Waals surface area contributed by atoms with Crippen molar-refractivity contribution in [3.05, 3.63) is 47.9 Å². The Bertz CT molecular complexity index is 766. The molecule has 0 fully saturated rings. The molecule has 2 aromatic heterocycles. The maximum absolute atomic E-state index is 5.85. The zero-order valence-electron chi connectivity index (χ0n) is 11.3. The lowest BCUT2D eigenvalue weighted by atomic mass is 10.2. The van der Waals surface area contributed by atoms with Gasteiger partial charge < -0.3 is 5.73 Å². The number of hydrogen-bond donors (Lipinski definition) is 1. The third-order valence-corrected chi connectivity index (χ3v) is 3.84. The highest BCUT2D eigenvalue weighted by molar-refractivity contribution is 7.99. The molecule has 0 saturated carbocycles. The summed E-state index contributed by atoms with van der Waals surface area (Å²) in [5, 5.41) is 2.77. The number of nitrogen functional groups attached to an aromatic ring is 1. The van der Waals surface area contributed by atoms with Crippen LogP contribution in [0, 0.1) is 13.8 Å². The molecular weight excluding hydrogens is 268 g/mol. The van der Waals surface area contributed by atoms with Crippen LogP contribution in [0.3, 0.4) is 0 Å². The molecule has 0 aliphatic heterocycles. The smallest absolute Gasteiger partial charge is 0.117 e. The number of nitrogens with zero attached hydrogens (tertiary/aromatic N) is 3. The van der Waals surface area contributed by atoms with E-state index in [2.05, 4.69) is 34.0 Å². The molecule has 0 amide bonds. The summed E-state index contributed by atoms with van der Waals surface area (Å²) >= 11 is 1.54. The quantitative estimate of drug-likeness (QED) is 0.576. The number of aromatic nitrogens is 3. The van der Waals surface area contributed by atoms with Gasteiger partial charge in [0.2, 0.25) is 0 Å². The van der Waals surface area contributed by atoms with Crippen molar-refractivity contribution >= 4 is 28.4 Å². The summed E-state index contributed by atoms with van der Waals surface area (Å²) in [7, 11) is 0. The Hall–Kier alpha value is -2.14. The van der Waals surface area contributed by atoms with Gasteiger partial charge in [0.05, 0.1) is 5.52 Å². The van der Waals surface area contributed by atoms with Crippen molar-refractivity contribution in [2.24, 2.45) is 0 Å². The summed E-state index contributed by atoms with van der Waals surface area (Å²) in [6, 6.07) is 9.77. The first-order valence-electron chi connectivity index (χ1n) is 6.25. The van der Waals surface area contributed by atoms with Gasteiger partial charge in [0.1, 0.15) is 16.4 Å². The predicted molar refractivity (Wildman–Crippen MR) is 81.8 cm³/mol. The molecule has 0 bridgehead atoms. The number of aryl methyl sites for hydroxylation is 2. The Kier molecular flexibility index (Phi) is 3.28. The lowest BCUT2D eigenvalue weighted by molar-refractivity contribution is 1.03. The van der Waals surface area contributed by atoms with Crippen molar-refractivity contribution in [2.75, 3.05) is 5.73 Å². The minimum Gasteiger partial charge on any atom is -0.399 e. The highest BCUT2D eigenvalue weighted by Gasteiger charge is 2.08. The van der Waals surface area contributed by atoms with Crippen LogP contribution in [0.4, 0.5) is 5.69 Å². The Morgan fingerprint density at radius 1 is 1.05 bits per heavy atom. The van der Waals surface area contributed by atoms with Gasteiger partial charge >= 0.3 is 0 Å². The third kappa shape index (κ3) is 2.58. The van der Waals surface area contributed by atoms with E-state index in [4.69, 9.17) is 5.73 Å². The van der Waals surface area contributed by atoms with Crippen molar-refractivity contribution in [2.45, 2.75) is 23.9 Å². The van der Waals surface area contributed by atoms with Crippen LogP contribution in [-0.4, -0.2) is 15.0 Å². The largest absolute Gasteiger partial charge is 0.399 e. The van der Waals surface area contributed by atoms with E-state index in [0.717, 1.165) is 26.6 Å². The molecule has 20 heavy (non-hydrogen) atoms. The fourth-order valence-electron chi connectivity index (χ4n) is 2.09. The summed E-state index contributed by atoms with van der Waals surface area (Å²) in [5.74, 6) is 0. The van der Waals surface area contributed by atoms with Crippen LogP contribution in [0.25, 0.3) is 10.9 Å². The maximum Gasteiger partial charge on any atom is 0.117 e. The highest BCUT2D eigenvalue weighted by atomic mass is 32.2. The summed E-state index contributed by atoms with van der Waals surface area (Å²) in [5.41, 5.74) is 9.65. The molecule has 0 aliphatic carbocycles. The minimum atomic E-state index is 0.711. The van der Waals surface area contributed by atoms with E-state index in [0.29, 0.717) is 5.69 Å².